The van der Waals surface area contributed by atoms with Crippen molar-refractivity contribution in [3.8, 4) is 5.69 Å². The molecular formula is C14H17N3O2. The highest BCUT2D eigenvalue weighted by molar-refractivity contribution is 5.91. The minimum atomic E-state index is -0.960. The fraction of sp³-hybridized carbons (Fsp3) is 0.357. The number of nitrogens with zero attached hydrogens (tertiary/aromatic N) is 3. The summed E-state index contributed by atoms with van der Waals surface area (Å²) >= 11 is 0. The van der Waals surface area contributed by atoms with E-state index in [0.717, 1.165) is 31.5 Å². The molecule has 0 unspecified atom stereocenters. The molecule has 5 nitrogen and oxygen atoms in total. The predicted molar refractivity (Wildman–Crippen MR) is 71.5 cm³/mol. The third-order valence-electron chi connectivity index (χ3n) is 2.92. The van der Waals surface area contributed by atoms with E-state index in [1.165, 1.54) is 4.68 Å². The van der Waals surface area contributed by atoms with Crippen molar-refractivity contribution in [3.05, 3.63) is 42.0 Å². The van der Waals surface area contributed by atoms with E-state index in [1.807, 2.05) is 0 Å². The van der Waals surface area contributed by atoms with Crippen LogP contribution in [0.3, 0.4) is 0 Å². The monoisotopic (exact) mass is 259 g/mol. The van der Waals surface area contributed by atoms with Gasteiger partial charge in [-0.3, -0.25) is 0 Å². The van der Waals surface area contributed by atoms with Crippen molar-refractivity contribution in [3.63, 3.8) is 0 Å². The SMILES string of the molecule is CCCCCc1ncn(-c2ccccc2C(=O)O)n1. The van der Waals surface area contributed by atoms with E-state index < -0.39 is 5.97 Å². The third-order valence-corrected chi connectivity index (χ3v) is 2.92. The summed E-state index contributed by atoms with van der Waals surface area (Å²) in [6.07, 6.45) is 5.77. The molecule has 0 saturated carbocycles. The number of unbranched alkanes of at least 4 members (excludes halogenated alkanes) is 2. The molecule has 5 heteroatoms. The van der Waals surface area contributed by atoms with Crippen molar-refractivity contribution in [2.45, 2.75) is 32.6 Å². The van der Waals surface area contributed by atoms with Gasteiger partial charge in [0.15, 0.2) is 5.82 Å². The lowest BCUT2D eigenvalue weighted by Crippen LogP contribution is -2.06. The molecule has 2 aromatic rings. The van der Waals surface area contributed by atoms with Crippen molar-refractivity contribution in [1.29, 1.82) is 0 Å². The highest BCUT2D eigenvalue weighted by Gasteiger charge is 2.12. The lowest BCUT2D eigenvalue weighted by Gasteiger charge is -2.04. The Balaban J connectivity index is 2.21. The van der Waals surface area contributed by atoms with Crippen molar-refractivity contribution in [1.82, 2.24) is 14.8 Å². The molecule has 1 aromatic heterocycles. The lowest BCUT2D eigenvalue weighted by molar-refractivity contribution is 0.0696. The van der Waals surface area contributed by atoms with E-state index in [0.29, 0.717) is 5.69 Å². The molecule has 1 N–H and O–H groups in total. The number of aromatic carboxylic acids is 1. The summed E-state index contributed by atoms with van der Waals surface area (Å²) in [5, 5.41) is 13.5. The number of hydrogen-bond donors (Lipinski definition) is 1. The van der Waals surface area contributed by atoms with Crippen LogP contribution in [0.1, 0.15) is 42.4 Å². The Kier molecular flexibility index (Phi) is 4.28. The molecule has 1 aromatic carbocycles. The van der Waals surface area contributed by atoms with Crippen LogP contribution in [-0.4, -0.2) is 25.8 Å². The minimum Gasteiger partial charge on any atom is -0.478 e. The standard InChI is InChI=1S/C14H17N3O2/c1-2-3-4-9-13-15-10-17(16-13)12-8-6-5-7-11(12)14(18)19/h5-8,10H,2-4,9H2,1H3,(H,18,19). The van der Waals surface area contributed by atoms with Crippen molar-refractivity contribution >= 4 is 5.97 Å². The molecule has 2 rings (SSSR count). The first-order chi connectivity index (χ1) is 9.22. The van der Waals surface area contributed by atoms with Crippen molar-refractivity contribution in [2.75, 3.05) is 0 Å². The largest absolute Gasteiger partial charge is 0.478 e. The molecule has 0 amide bonds. The number of rotatable bonds is 6. The van der Waals surface area contributed by atoms with Gasteiger partial charge in [-0.05, 0) is 18.6 Å². The summed E-state index contributed by atoms with van der Waals surface area (Å²) in [6, 6.07) is 6.79. The molecule has 0 aliphatic heterocycles. The third kappa shape index (κ3) is 3.19. The zero-order chi connectivity index (χ0) is 13.7. The van der Waals surface area contributed by atoms with Crippen LogP contribution in [0.5, 0.6) is 0 Å². The Morgan fingerprint density at radius 2 is 2.11 bits per heavy atom. The molecule has 1 heterocycles. The first-order valence-corrected chi connectivity index (χ1v) is 6.45. The van der Waals surface area contributed by atoms with Crippen LogP contribution in [0, 0.1) is 0 Å². The van der Waals surface area contributed by atoms with Crippen LogP contribution >= 0.6 is 0 Å². The van der Waals surface area contributed by atoms with Crippen LogP contribution in [-0.2, 0) is 6.42 Å². The van der Waals surface area contributed by atoms with Gasteiger partial charge in [0.05, 0.1) is 11.3 Å². The van der Waals surface area contributed by atoms with E-state index in [-0.39, 0.29) is 5.56 Å². The number of aryl methyl sites for hydroxylation is 1. The molecule has 0 fully saturated rings. The second-order valence-corrected chi connectivity index (χ2v) is 4.38. The molecule has 0 aliphatic carbocycles. The normalized spacial score (nSPS) is 10.6. The summed E-state index contributed by atoms with van der Waals surface area (Å²) < 4.78 is 1.53. The smallest absolute Gasteiger partial charge is 0.337 e. The molecule has 0 atom stereocenters. The fourth-order valence-corrected chi connectivity index (χ4v) is 1.92. The maximum absolute atomic E-state index is 11.2. The quantitative estimate of drug-likeness (QED) is 0.810. The average Bonchev–Trinajstić information content (AvgIpc) is 2.88. The summed E-state index contributed by atoms with van der Waals surface area (Å²) in [5.74, 6) is -0.202. The number of benzene rings is 1. The highest BCUT2D eigenvalue weighted by atomic mass is 16.4. The molecule has 19 heavy (non-hydrogen) atoms. The number of carboxylic acid groups (broad SMARTS) is 1. The fourth-order valence-electron chi connectivity index (χ4n) is 1.92. The van der Waals surface area contributed by atoms with Gasteiger partial charge in [0, 0.05) is 6.42 Å². The van der Waals surface area contributed by atoms with Gasteiger partial charge >= 0.3 is 5.97 Å². The molecule has 0 radical (unpaired) electrons. The number of hydrogen-bond acceptors (Lipinski definition) is 3. The molecule has 0 saturated heterocycles. The van der Waals surface area contributed by atoms with Gasteiger partial charge in [-0.2, -0.15) is 5.10 Å². The zero-order valence-corrected chi connectivity index (χ0v) is 10.9. The number of aromatic nitrogens is 3. The van der Waals surface area contributed by atoms with Crippen LogP contribution < -0.4 is 0 Å². The van der Waals surface area contributed by atoms with Gasteiger partial charge in [0.1, 0.15) is 6.33 Å². The summed E-state index contributed by atoms with van der Waals surface area (Å²) in [6.45, 7) is 2.15. The van der Waals surface area contributed by atoms with Crippen LogP contribution in [0.4, 0.5) is 0 Å². The van der Waals surface area contributed by atoms with E-state index in [2.05, 4.69) is 17.0 Å². The Bertz CT molecular complexity index is 563. The van der Waals surface area contributed by atoms with E-state index in [4.69, 9.17) is 5.11 Å². The van der Waals surface area contributed by atoms with Gasteiger partial charge in [-0.15, -0.1) is 0 Å². The van der Waals surface area contributed by atoms with Gasteiger partial charge in [0.25, 0.3) is 0 Å². The second-order valence-electron chi connectivity index (χ2n) is 4.38. The molecule has 0 bridgehead atoms. The van der Waals surface area contributed by atoms with Crippen molar-refractivity contribution < 1.29 is 9.90 Å². The molecule has 0 aliphatic rings. The van der Waals surface area contributed by atoms with Gasteiger partial charge < -0.3 is 5.11 Å². The Morgan fingerprint density at radius 1 is 1.32 bits per heavy atom. The summed E-state index contributed by atoms with van der Waals surface area (Å²) in [7, 11) is 0. The molecular weight excluding hydrogens is 242 g/mol. The second kappa shape index (κ2) is 6.13. The Morgan fingerprint density at radius 3 is 2.84 bits per heavy atom. The van der Waals surface area contributed by atoms with Gasteiger partial charge in [-0.1, -0.05) is 31.9 Å². The van der Waals surface area contributed by atoms with E-state index >= 15 is 0 Å². The number of carbonyl (C=O) groups is 1. The highest BCUT2D eigenvalue weighted by Crippen LogP contribution is 2.13. The van der Waals surface area contributed by atoms with Crippen molar-refractivity contribution in [2.24, 2.45) is 0 Å². The Labute approximate surface area is 111 Å². The van der Waals surface area contributed by atoms with Crippen LogP contribution in [0.25, 0.3) is 5.69 Å². The first kappa shape index (κ1) is 13.3. The number of carboxylic acids is 1. The van der Waals surface area contributed by atoms with E-state index in [1.54, 1.807) is 30.6 Å². The molecule has 0 spiro atoms. The van der Waals surface area contributed by atoms with Gasteiger partial charge in [-0.25, -0.2) is 14.5 Å². The maximum atomic E-state index is 11.2. The average molecular weight is 259 g/mol. The summed E-state index contributed by atoms with van der Waals surface area (Å²) in [5.41, 5.74) is 0.775. The van der Waals surface area contributed by atoms with E-state index in [9.17, 15) is 4.79 Å². The Hall–Kier alpha value is -2.17. The lowest BCUT2D eigenvalue weighted by atomic mass is 10.2. The van der Waals surface area contributed by atoms with Crippen LogP contribution in [0.15, 0.2) is 30.6 Å². The van der Waals surface area contributed by atoms with Gasteiger partial charge in [0.2, 0.25) is 0 Å². The molecule has 100 valence electrons. The minimum absolute atomic E-state index is 0.229. The zero-order valence-electron chi connectivity index (χ0n) is 10.9. The first-order valence-electron chi connectivity index (χ1n) is 6.45. The van der Waals surface area contributed by atoms with Crippen LogP contribution in [0.2, 0.25) is 0 Å². The predicted octanol–water partition coefficient (Wildman–Crippen LogP) is 2.70. The number of para-hydroxylation sites is 1. The topological polar surface area (TPSA) is 68.0 Å². The maximum Gasteiger partial charge on any atom is 0.337 e. The summed E-state index contributed by atoms with van der Waals surface area (Å²) in [4.78, 5) is 15.4.